The van der Waals surface area contributed by atoms with E-state index in [1.807, 2.05) is 30.3 Å². The highest BCUT2D eigenvalue weighted by Gasteiger charge is 2.28. The van der Waals surface area contributed by atoms with Gasteiger partial charge in [0.15, 0.2) is 0 Å². The third kappa shape index (κ3) is 3.76. The van der Waals surface area contributed by atoms with E-state index in [0.29, 0.717) is 10.4 Å². The van der Waals surface area contributed by atoms with Gasteiger partial charge in [-0.2, -0.15) is 0 Å². The minimum Gasteiger partial charge on any atom is -0.368 e. The zero-order chi connectivity index (χ0) is 20.5. The van der Waals surface area contributed by atoms with Gasteiger partial charge in [0.05, 0.1) is 20.0 Å². The van der Waals surface area contributed by atoms with E-state index in [9.17, 15) is 14.0 Å². The fraction of sp³-hybridized carbons (Fsp3) is 0.0952. The largest absolute Gasteiger partial charge is 0.368 e. The molecule has 4 rings (SSSR count). The SMILES string of the molecule is CN(C(=O)c1ccc(-c2nc3ccccc3s2)s1)C(C(N)=O)c1cccc(F)c1. The maximum Gasteiger partial charge on any atom is 0.264 e. The highest BCUT2D eigenvalue weighted by atomic mass is 32.1. The van der Waals surface area contributed by atoms with E-state index >= 15 is 0 Å². The molecule has 8 heteroatoms. The van der Waals surface area contributed by atoms with Crippen LogP contribution in [0.1, 0.15) is 21.3 Å². The van der Waals surface area contributed by atoms with Gasteiger partial charge in [0.2, 0.25) is 5.91 Å². The lowest BCUT2D eigenvalue weighted by Crippen LogP contribution is -2.38. The summed E-state index contributed by atoms with van der Waals surface area (Å²) in [6.07, 6.45) is 0. The summed E-state index contributed by atoms with van der Waals surface area (Å²) in [6, 6.07) is 15.8. The van der Waals surface area contributed by atoms with Crippen LogP contribution in [0.5, 0.6) is 0 Å². The fourth-order valence-corrected chi connectivity index (χ4v) is 5.10. The number of carbonyl (C=O) groups is 2. The average Bonchev–Trinajstić information content (AvgIpc) is 3.34. The molecule has 5 nitrogen and oxygen atoms in total. The summed E-state index contributed by atoms with van der Waals surface area (Å²) in [7, 11) is 1.49. The summed E-state index contributed by atoms with van der Waals surface area (Å²) in [6.45, 7) is 0. The molecule has 4 aromatic rings. The van der Waals surface area contributed by atoms with Gasteiger partial charge in [-0.3, -0.25) is 9.59 Å². The second-order valence-corrected chi connectivity index (χ2v) is 8.54. The van der Waals surface area contributed by atoms with Crippen LogP contribution in [0.2, 0.25) is 0 Å². The smallest absolute Gasteiger partial charge is 0.264 e. The summed E-state index contributed by atoms with van der Waals surface area (Å²) < 4.78 is 14.7. The van der Waals surface area contributed by atoms with Crippen LogP contribution in [0, 0.1) is 5.82 Å². The van der Waals surface area contributed by atoms with E-state index in [1.54, 1.807) is 23.5 Å². The van der Waals surface area contributed by atoms with E-state index in [0.717, 1.165) is 20.1 Å². The summed E-state index contributed by atoms with van der Waals surface area (Å²) in [5.74, 6) is -1.59. The van der Waals surface area contributed by atoms with Crippen LogP contribution < -0.4 is 5.73 Å². The number of halogens is 1. The number of aromatic nitrogens is 1. The number of nitrogens with two attached hydrogens (primary N) is 1. The monoisotopic (exact) mass is 425 g/mol. The third-order valence-electron chi connectivity index (χ3n) is 4.46. The van der Waals surface area contributed by atoms with Crippen molar-refractivity contribution >= 4 is 44.7 Å². The molecule has 2 aromatic heterocycles. The predicted octanol–water partition coefficient (Wildman–Crippen LogP) is 4.46. The van der Waals surface area contributed by atoms with Crippen molar-refractivity contribution in [3.63, 3.8) is 0 Å². The first-order valence-electron chi connectivity index (χ1n) is 8.72. The first-order valence-corrected chi connectivity index (χ1v) is 10.3. The molecule has 0 radical (unpaired) electrons. The molecular formula is C21H16FN3O2S2. The fourth-order valence-electron chi connectivity index (χ4n) is 3.09. The van der Waals surface area contributed by atoms with Crippen molar-refractivity contribution in [2.45, 2.75) is 6.04 Å². The number of nitrogens with zero attached hydrogens (tertiary/aromatic N) is 2. The molecule has 0 aliphatic carbocycles. The molecule has 0 saturated carbocycles. The van der Waals surface area contributed by atoms with E-state index in [4.69, 9.17) is 5.73 Å². The van der Waals surface area contributed by atoms with E-state index in [2.05, 4.69) is 4.98 Å². The standard InChI is InChI=1S/C21H16FN3O2S2/c1-25(18(19(23)26)12-5-4-6-13(22)11-12)21(27)17-10-9-16(28-17)20-24-14-7-2-3-8-15(14)29-20/h2-11,18H,1H3,(H2,23,26). The Kier molecular flexibility index (Phi) is 5.12. The minimum absolute atomic E-state index is 0.330. The Labute approximate surface area is 174 Å². The third-order valence-corrected chi connectivity index (χ3v) is 6.74. The van der Waals surface area contributed by atoms with Crippen LogP contribution in [-0.2, 0) is 4.79 Å². The summed E-state index contributed by atoms with van der Waals surface area (Å²) in [4.78, 5) is 32.2. The molecule has 29 heavy (non-hydrogen) atoms. The van der Waals surface area contributed by atoms with Gasteiger partial charge in [0, 0.05) is 7.05 Å². The average molecular weight is 426 g/mol. The van der Waals surface area contributed by atoms with Gasteiger partial charge >= 0.3 is 0 Å². The molecule has 0 bridgehead atoms. The Hall–Kier alpha value is -3.10. The topological polar surface area (TPSA) is 76.3 Å². The maximum absolute atomic E-state index is 13.6. The Bertz CT molecular complexity index is 1180. The molecule has 0 fully saturated rings. The molecule has 0 saturated heterocycles. The predicted molar refractivity (Wildman–Crippen MR) is 113 cm³/mol. The van der Waals surface area contributed by atoms with Crippen molar-refractivity contribution in [2.24, 2.45) is 5.73 Å². The lowest BCUT2D eigenvalue weighted by molar-refractivity contribution is -0.122. The lowest BCUT2D eigenvalue weighted by atomic mass is 10.0. The molecule has 1 unspecified atom stereocenters. The highest BCUT2D eigenvalue weighted by Crippen LogP contribution is 2.35. The van der Waals surface area contributed by atoms with Gasteiger partial charge in [-0.25, -0.2) is 9.37 Å². The first kappa shape index (κ1) is 19.2. The van der Waals surface area contributed by atoms with Gasteiger partial charge in [0.25, 0.3) is 5.91 Å². The van der Waals surface area contributed by atoms with Crippen molar-refractivity contribution in [1.29, 1.82) is 0 Å². The van der Waals surface area contributed by atoms with Gasteiger partial charge in [-0.05, 0) is 42.0 Å². The summed E-state index contributed by atoms with van der Waals surface area (Å²) in [5, 5.41) is 0.828. The van der Waals surface area contributed by atoms with Gasteiger partial charge in [-0.1, -0.05) is 24.3 Å². The Balaban J connectivity index is 1.62. The number of likely N-dealkylation sites (N-methyl/N-ethyl adjacent to an activating group) is 1. The normalized spacial score (nSPS) is 12.1. The van der Waals surface area contributed by atoms with Gasteiger partial charge < -0.3 is 10.6 Å². The Morgan fingerprint density at radius 2 is 1.86 bits per heavy atom. The number of carbonyl (C=O) groups excluding carboxylic acids is 2. The summed E-state index contributed by atoms with van der Waals surface area (Å²) in [5.41, 5.74) is 6.75. The maximum atomic E-state index is 13.6. The number of amides is 2. The molecule has 146 valence electrons. The van der Waals surface area contributed by atoms with Crippen molar-refractivity contribution in [2.75, 3.05) is 7.05 Å². The number of benzene rings is 2. The number of hydrogen-bond donors (Lipinski definition) is 1. The lowest BCUT2D eigenvalue weighted by Gasteiger charge is -2.25. The Morgan fingerprint density at radius 3 is 2.59 bits per heavy atom. The molecule has 1 atom stereocenters. The van der Waals surface area contributed by atoms with Crippen LogP contribution in [0.15, 0.2) is 60.7 Å². The van der Waals surface area contributed by atoms with Crippen molar-refractivity contribution in [3.05, 3.63) is 76.9 Å². The summed E-state index contributed by atoms with van der Waals surface area (Å²) >= 11 is 2.85. The van der Waals surface area contributed by atoms with Crippen LogP contribution in [0.4, 0.5) is 4.39 Å². The quantitative estimate of drug-likeness (QED) is 0.513. The number of thiazole rings is 1. The molecule has 0 aliphatic rings. The zero-order valence-corrected chi connectivity index (χ0v) is 17.0. The second-order valence-electron chi connectivity index (χ2n) is 6.43. The molecule has 2 N–H and O–H groups in total. The number of rotatable bonds is 5. The highest BCUT2D eigenvalue weighted by molar-refractivity contribution is 7.26. The number of hydrogen-bond acceptors (Lipinski definition) is 5. The molecular weight excluding hydrogens is 409 g/mol. The van der Waals surface area contributed by atoms with Crippen LogP contribution >= 0.6 is 22.7 Å². The van der Waals surface area contributed by atoms with E-state index in [1.165, 1.54) is 41.5 Å². The molecule has 0 aliphatic heterocycles. The van der Waals surface area contributed by atoms with Crippen LogP contribution in [0.25, 0.3) is 20.1 Å². The molecule has 0 spiro atoms. The van der Waals surface area contributed by atoms with Crippen LogP contribution in [0.3, 0.4) is 0 Å². The Morgan fingerprint density at radius 1 is 1.07 bits per heavy atom. The minimum atomic E-state index is -1.06. The molecule has 2 amide bonds. The van der Waals surface area contributed by atoms with Crippen molar-refractivity contribution in [3.8, 4) is 9.88 Å². The van der Waals surface area contributed by atoms with E-state index < -0.39 is 17.8 Å². The number of para-hydroxylation sites is 1. The van der Waals surface area contributed by atoms with Crippen LogP contribution in [-0.4, -0.2) is 28.7 Å². The molecule has 2 aromatic carbocycles. The second kappa shape index (κ2) is 7.73. The number of thiophene rings is 1. The molecule has 2 heterocycles. The first-order chi connectivity index (χ1) is 13.9. The zero-order valence-electron chi connectivity index (χ0n) is 15.3. The van der Waals surface area contributed by atoms with Gasteiger partial charge in [0.1, 0.15) is 16.9 Å². The van der Waals surface area contributed by atoms with Crippen molar-refractivity contribution in [1.82, 2.24) is 9.88 Å². The van der Waals surface area contributed by atoms with Crippen molar-refractivity contribution < 1.29 is 14.0 Å². The van der Waals surface area contributed by atoms with E-state index in [-0.39, 0.29) is 5.91 Å². The number of primary amides is 1. The van der Waals surface area contributed by atoms with Gasteiger partial charge in [-0.15, -0.1) is 22.7 Å². The number of fused-ring (bicyclic) bond motifs is 1.